The highest BCUT2D eigenvalue weighted by molar-refractivity contribution is 6.30. The van der Waals surface area contributed by atoms with E-state index in [1.54, 1.807) is 6.92 Å². The molecule has 0 saturated heterocycles. The number of carbonyl (C=O) groups excluding carboxylic acids is 1. The minimum absolute atomic E-state index is 0.0584. The third-order valence-corrected chi connectivity index (χ3v) is 3.10. The van der Waals surface area contributed by atoms with E-state index in [-0.39, 0.29) is 28.6 Å². The van der Waals surface area contributed by atoms with Gasteiger partial charge >= 0.3 is 11.7 Å². The van der Waals surface area contributed by atoms with Crippen molar-refractivity contribution in [1.82, 2.24) is 0 Å². The molecule has 0 fully saturated rings. The van der Waals surface area contributed by atoms with Crippen molar-refractivity contribution in [3.8, 4) is 5.75 Å². The second kappa shape index (κ2) is 6.48. The Bertz CT molecular complexity index is 724. The molecule has 2 aromatic rings. The first-order valence-corrected chi connectivity index (χ1v) is 6.54. The summed E-state index contributed by atoms with van der Waals surface area (Å²) in [6, 6.07) is 5.56. The standard InChI is InChI=1S/C14H12ClNO6/c1-8-11(14(17)20-2)6-10(22-8)7-21-13-4-3-9(15)5-12(13)16(18)19/h3-6H,7H2,1-2H3. The van der Waals surface area contributed by atoms with E-state index in [1.165, 1.54) is 31.4 Å². The molecule has 8 heteroatoms. The van der Waals surface area contributed by atoms with Crippen molar-refractivity contribution in [2.75, 3.05) is 7.11 Å². The van der Waals surface area contributed by atoms with Crippen molar-refractivity contribution in [3.63, 3.8) is 0 Å². The number of benzene rings is 1. The second-order valence-electron chi connectivity index (χ2n) is 4.33. The molecule has 0 unspecified atom stereocenters. The fourth-order valence-corrected chi connectivity index (χ4v) is 2.00. The van der Waals surface area contributed by atoms with Crippen LogP contribution in [0.25, 0.3) is 0 Å². The van der Waals surface area contributed by atoms with E-state index < -0.39 is 10.9 Å². The second-order valence-corrected chi connectivity index (χ2v) is 4.77. The number of halogens is 1. The zero-order valence-electron chi connectivity index (χ0n) is 11.8. The van der Waals surface area contributed by atoms with Crippen LogP contribution in [0.2, 0.25) is 5.02 Å². The highest BCUT2D eigenvalue weighted by Gasteiger charge is 2.18. The Kier molecular flexibility index (Phi) is 4.67. The Labute approximate surface area is 130 Å². The Morgan fingerprint density at radius 3 is 2.77 bits per heavy atom. The first kappa shape index (κ1) is 15.8. The fourth-order valence-electron chi connectivity index (χ4n) is 1.83. The van der Waals surface area contributed by atoms with E-state index in [0.717, 1.165) is 0 Å². The van der Waals surface area contributed by atoms with Crippen LogP contribution in [0.1, 0.15) is 21.9 Å². The van der Waals surface area contributed by atoms with Gasteiger partial charge in [-0.2, -0.15) is 0 Å². The topological polar surface area (TPSA) is 91.8 Å². The van der Waals surface area contributed by atoms with E-state index in [0.29, 0.717) is 11.5 Å². The number of methoxy groups -OCH3 is 1. The van der Waals surface area contributed by atoms with Crippen LogP contribution in [0.15, 0.2) is 28.7 Å². The van der Waals surface area contributed by atoms with Crippen molar-refractivity contribution < 1.29 is 23.6 Å². The average Bonchev–Trinajstić information content (AvgIpc) is 2.86. The molecule has 0 atom stereocenters. The molecule has 7 nitrogen and oxygen atoms in total. The van der Waals surface area contributed by atoms with Crippen molar-refractivity contribution in [2.24, 2.45) is 0 Å². The molecule has 0 spiro atoms. The number of ether oxygens (including phenoxy) is 2. The summed E-state index contributed by atoms with van der Waals surface area (Å²) in [5, 5.41) is 11.2. The summed E-state index contributed by atoms with van der Waals surface area (Å²) in [7, 11) is 1.27. The third-order valence-electron chi connectivity index (χ3n) is 2.86. The average molecular weight is 326 g/mol. The van der Waals surface area contributed by atoms with Gasteiger partial charge in [0, 0.05) is 11.1 Å². The molecule has 2 rings (SSSR count). The SMILES string of the molecule is COC(=O)c1cc(COc2ccc(Cl)cc2[N+](=O)[O-])oc1C. The normalized spacial score (nSPS) is 10.3. The number of hydrogen-bond donors (Lipinski definition) is 0. The molecule has 0 amide bonds. The lowest BCUT2D eigenvalue weighted by Gasteiger charge is -2.05. The lowest BCUT2D eigenvalue weighted by Crippen LogP contribution is -2.01. The van der Waals surface area contributed by atoms with E-state index >= 15 is 0 Å². The Hall–Kier alpha value is -2.54. The summed E-state index contributed by atoms with van der Waals surface area (Å²) in [5.74, 6) is 0.270. The van der Waals surface area contributed by atoms with E-state index in [1.807, 2.05) is 0 Å². The number of rotatable bonds is 5. The van der Waals surface area contributed by atoms with Crippen LogP contribution in [0, 0.1) is 17.0 Å². The highest BCUT2D eigenvalue weighted by atomic mass is 35.5. The highest BCUT2D eigenvalue weighted by Crippen LogP contribution is 2.30. The van der Waals surface area contributed by atoms with Crippen LogP contribution >= 0.6 is 11.6 Å². The van der Waals surface area contributed by atoms with Gasteiger partial charge in [0.25, 0.3) is 0 Å². The molecular weight excluding hydrogens is 314 g/mol. The Morgan fingerprint density at radius 2 is 2.14 bits per heavy atom. The van der Waals surface area contributed by atoms with Gasteiger partial charge in [-0.3, -0.25) is 10.1 Å². The number of nitrogens with zero attached hydrogens (tertiary/aromatic N) is 1. The van der Waals surface area contributed by atoms with Gasteiger partial charge in [-0.1, -0.05) is 11.6 Å². The zero-order chi connectivity index (χ0) is 16.3. The van der Waals surface area contributed by atoms with Crippen LogP contribution < -0.4 is 4.74 Å². The van der Waals surface area contributed by atoms with Crippen LogP contribution in [0.3, 0.4) is 0 Å². The van der Waals surface area contributed by atoms with Gasteiger partial charge in [0.15, 0.2) is 5.75 Å². The largest absolute Gasteiger partial charge is 0.479 e. The summed E-state index contributed by atoms with van der Waals surface area (Å²) < 4.78 is 15.3. The molecule has 0 aliphatic rings. The zero-order valence-corrected chi connectivity index (χ0v) is 12.5. The monoisotopic (exact) mass is 325 g/mol. The predicted octanol–water partition coefficient (Wildman–Crippen LogP) is 3.52. The number of hydrogen-bond acceptors (Lipinski definition) is 6. The van der Waals surface area contributed by atoms with Gasteiger partial charge in [0.05, 0.1) is 12.0 Å². The number of nitro groups is 1. The number of aryl methyl sites for hydroxylation is 1. The van der Waals surface area contributed by atoms with Gasteiger partial charge in [0.1, 0.15) is 23.7 Å². The lowest BCUT2D eigenvalue weighted by molar-refractivity contribution is -0.385. The van der Waals surface area contributed by atoms with Crippen LogP contribution in [-0.2, 0) is 11.3 Å². The van der Waals surface area contributed by atoms with Crippen molar-refractivity contribution >= 4 is 23.3 Å². The van der Waals surface area contributed by atoms with Crippen molar-refractivity contribution in [3.05, 3.63) is 56.5 Å². The fraction of sp³-hybridized carbons (Fsp3) is 0.214. The molecule has 0 aliphatic heterocycles. The first-order chi connectivity index (χ1) is 10.4. The van der Waals surface area contributed by atoms with E-state index in [2.05, 4.69) is 4.74 Å². The van der Waals surface area contributed by atoms with Gasteiger partial charge < -0.3 is 13.9 Å². The van der Waals surface area contributed by atoms with Crippen molar-refractivity contribution in [1.29, 1.82) is 0 Å². The molecule has 0 radical (unpaired) electrons. The number of furan rings is 1. The maximum atomic E-state index is 11.5. The number of carbonyl (C=O) groups is 1. The predicted molar refractivity (Wildman–Crippen MR) is 77.2 cm³/mol. The molecule has 22 heavy (non-hydrogen) atoms. The summed E-state index contributed by atoms with van der Waals surface area (Å²) in [6.07, 6.45) is 0. The Balaban J connectivity index is 2.17. The van der Waals surface area contributed by atoms with Gasteiger partial charge in [-0.05, 0) is 25.1 Å². The maximum absolute atomic E-state index is 11.5. The number of nitro benzene ring substituents is 1. The molecular formula is C14H12ClNO6. The molecule has 1 aromatic carbocycles. The van der Waals surface area contributed by atoms with Crippen LogP contribution in [-0.4, -0.2) is 18.0 Å². The summed E-state index contributed by atoms with van der Waals surface area (Å²) >= 11 is 5.72. The molecule has 0 N–H and O–H groups in total. The first-order valence-electron chi connectivity index (χ1n) is 6.16. The maximum Gasteiger partial charge on any atom is 0.341 e. The van der Waals surface area contributed by atoms with E-state index in [9.17, 15) is 14.9 Å². The lowest BCUT2D eigenvalue weighted by atomic mass is 10.2. The third kappa shape index (κ3) is 3.37. The Morgan fingerprint density at radius 1 is 1.41 bits per heavy atom. The molecule has 1 aromatic heterocycles. The summed E-state index contributed by atoms with van der Waals surface area (Å²) in [4.78, 5) is 21.8. The minimum atomic E-state index is -0.589. The van der Waals surface area contributed by atoms with Gasteiger partial charge in [0.2, 0.25) is 0 Å². The molecule has 116 valence electrons. The van der Waals surface area contributed by atoms with E-state index in [4.69, 9.17) is 20.8 Å². The molecule has 0 aliphatic carbocycles. The smallest absolute Gasteiger partial charge is 0.341 e. The van der Waals surface area contributed by atoms with Gasteiger partial charge in [-0.15, -0.1) is 0 Å². The molecule has 0 bridgehead atoms. The van der Waals surface area contributed by atoms with Crippen molar-refractivity contribution in [2.45, 2.75) is 13.5 Å². The van der Waals surface area contributed by atoms with Crippen LogP contribution in [0.4, 0.5) is 5.69 Å². The quantitative estimate of drug-likeness (QED) is 0.474. The molecule has 1 heterocycles. The minimum Gasteiger partial charge on any atom is -0.479 e. The summed E-state index contributed by atoms with van der Waals surface area (Å²) in [6.45, 7) is 1.54. The van der Waals surface area contributed by atoms with Gasteiger partial charge in [-0.25, -0.2) is 4.79 Å². The summed E-state index contributed by atoms with van der Waals surface area (Å²) in [5.41, 5.74) is 0.0377. The number of esters is 1. The van der Waals surface area contributed by atoms with Crippen LogP contribution in [0.5, 0.6) is 5.75 Å². The molecule has 0 saturated carbocycles.